The van der Waals surface area contributed by atoms with Gasteiger partial charge in [-0.1, -0.05) is 20.8 Å². The van der Waals surface area contributed by atoms with Gasteiger partial charge in [-0.3, -0.25) is 4.98 Å². The molecule has 0 aliphatic heterocycles. The molecule has 0 amide bonds. The van der Waals surface area contributed by atoms with Crippen molar-refractivity contribution in [2.75, 3.05) is 0 Å². The second-order valence-electron chi connectivity index (χ2n) is 5.08. The number of thiazole rings is 1. The predicted octanol–water partition coefficient (Wildman–Crippen LogP) is 3.42. The molecule has 0 bridgehead atoms. The first-order valence-corrected chi connectivity index (χ1v) is 7.59. The van der Waals surface area contributed by atoms with E-state index in [1.807, 2.05) is 12.4 Å². The minimum Gasteiger partial charge on any atom is -0.326 e. The van der Waals surface area contributed by atoms with Crippen LogP contribution in [-0.2, 0) is 19.4 Å². The summed E-state index contributed by atoms with van der Waals surface area (Å²) in [5.41, 5.74) is 9.46. The molecule has 2 aromatic heterocycles. The summed E-state index contributed by atoms with van der Waals surface area (Å²) >= 11 is 1.72. The van der Waals surface area contributed by atoms with E-state index >= 15 is 0 Å². The first-order valence-electron chi connectivity index (χ1n) is 6.77. The molecule has 0 unspecified atom stereocenters. The number of pyridine rings is 1. The zero-order valence-corrected chi connectivity index (χ0v) is 12.6. The Morgan fingerprint density at radius 2 is 2.16 bits per heavy atom. The molecule has 0 spiro atoms. The van der Waals surface area contributed by atoms with Gasteiger partial charge < -0.3 is 5.73 Å². The lowest BCUT2D eigenvalue weighted by Gasteiger charge is -2.03. The van der Waals surface area contributed by atoms with E-state index < -0.39 is 0 Å². The van der Waals surface area contributed by atoms with Crippen molar-refractivity contribution in [1.82, 2.24) is 9.97 Å². The Hall–Kier alpha value is -1.26. The third-order valence-electron chi connectivity index (χ3n) is 3.08. The highest BCUT2D eigenvalue weighted by Crippen LogP contribution is 2.31. The fourth-order valence-electron chi connectivity index (χ4n) is 2.12. The smallest absolute Gasteiger partial charge is 0.124 e. The zero-order chi connectivity index (χ0) is 13.8. The number of nitrogens with two attached hydrogens (primary N) is 1. The summed E-state index contributed by atoms with van der Waals surface area (Å²) in [7, 11) is 0. The average molecular weight is 275 g/mol. The molecule has 2 rings (SSSR count). The molecule has 3 nitrogen and oxygen atoms in total. The monoisotopic (exact) mass is 275 g/mol. The predicted molar refractivity (Wildman–Crippen MR) is 81.2 cm³/mol. The van der Waals surface area contributed by atoms with Crippen molar-refractivity contribution in [2.24, 2.45) is 11.7 Å². The van der Waals surface area contributed by atoms with Gasteiger partial charge in [0, 0.05) is 29.4 Å². The lowest BCUT2D eigenvalue weighted by Crippen LogP contribution is -2.02. The Morgan fingerprint density at radius 1 is 1.37 bits per heavy atom. The van der Waals surface area contributed by atoms with Gasteiger partial charge in [0.2, 0.25) is 0 Å². The van der Waals surface area contributed by atoms with Crippen LogP contribution >= 0.6 is 11.3 Å². The summed E-state index contributed by atoms with van der Waals surface area (Å²) in [6, 6.07) is 2.05. The van der Waals surface area contributed by atoms with Crippen LogP contribution in [0.1, 0.15) is 36.9 Å². The Labute approximate surface area is 118 Å². The molecule has 4 heteroatoms. The van der Waals surface area contributed by atoms with Crippen LogP contribution in [0.4, 0.5) is 0 Å². The van der Waals surface area contributed by atoms with E-state index in [9.17, 15) is 0 Å². The lowest BCUT2D eigenvalue weighted by atomic mass is 10.1. The van der Waals surface area contributed by atoms with Gasteiger partial charge in [0.15, 0.2) is 0 Å². The van der Waals surface area contributed by atoms with Gasteiger partial charge >= 0.3 is 0 Å². The van der Waals surface area contributed by atoms with Crippen LogP contribution in [0.2, 0.25) is 0 Å². The molecule has 2 aromatic rings. The van der Waals surface area contributed by atoms with Crippen LogP contribution in [0.15, 0.2) is 18.5 Å². The topological polar surface area (TPSA) is 51.8 Å². The van der Waals surface area contributed by atoms with Gasteiger partial charge in [-0.15, -0.1) is 11.3 Å². The van der Waals surface area contributed by atoms with E-state index in [0.29, 0.717) is 12.5 Å². The minimum absolute atomic E-state index is 0.576. The Kier molecular flexibility index (Phi) is 4.66. The van der Waals surface area contributed by atoms with Gasteiger partial charge in [-0.05, 0) is 30.4 Å². The van der Waals surface area contributed by atoms with Crippen LogP contribution in [0.5, 0.6) is 0 Å². The molecule has 0 saturated carbocycles. The van der Waals surface area contributed by atoms with Gasteiger partial charge in [-0.2, -0.15) is 0 Å². The number of aromatic nitrogens is 2. The molecule has 2 heterocycles. The number of rotatable bonds is 5. The molecule has 102 valence electrons. The normalized spacial score (nSPS) is 11.2. The van der Waals surface area contributed by atoms with Crippen molar-refractivity contribution in [3.63, 3.8) is 0 Å². The van der Waals surface area contributed by atoms with Crippen LogP contribution in [0.25, 0.3) is 10.6 Å². The second-order valence-corrected chi connectivity index (χ2v) is 6.16. The number of hydrogen-bond donors (Lipinski definition) is 1. The second kappa shape index (κ2) is 6.26. The van der Waals surface area contributed by atoms with Crippen molar-refractivity contribution in [3.8, 4) is 10.6 Å². The largest absolute Gasteiger partial charge is 0.326 e. The van der Waals surface area contributed by atoms with Crippen LogP contribution in [0.3, 0.4) is 0 Å². The Balaban J connectivity index is 2.42. The van der Waals surface area contributed by atoms with E-state index in [2.05, 4.69) is 31.8 Å². The summed E-state index contributed by atoms with van der Waals surface area (Å²) in [4.78, 5) is 10.2. The van der Waals surface area contributed by atoms with E-state index in [-0.39, 0.29) is 0 Å². The summed E-state index contributed by atoms with van der Waals surface area (Å²) in [5.74, 6) is 0.600. The van der Waals surface area contributed by atoms with Crippen LogP contribution in [-0.4, -0.2) is 9.97 Å². The van der Waals surface area contributed by atoms with E-state index in [1.165, 1.54) is 16.0 Å². The van der Waals surface area contributed by atoms with Crippen LogP contribution < -0.4 is 5.73 Å². The maximum Gasteiger partial charge on any atom is 0.124 e. The Morgan fingerprint density at radius 3 is 2.79 bits per heavy atom. The van der Waals surface area contributed by atoms with E-state index in [0.717, 1.165) is 23.5 Å². The highest BCUT2D eigenvalue weighted by atomic mass is 32.1. The third-order valence-corrected chi connectivity index (χ3v) is 4.23. The highest BCUT2D eigenvalue weighted by molar-refractivity contribution is 7.15. The molecule has 0 aliphatic rings. The molecule has 2 N–H and O–H groups in total. The van der Waals surface area contributed by atoms with Crippen molar-refractivity contribution >= 4 is 11.3 Å². The minimum atomic E-state index is 0.576. The number of hydrogen-bond acceptors (Lipinski definition) is 4. The molecule has 0 fully saturated rings. The summed E-state index contributed by atoms with van der Waals surface area (Å²) in [5, 5.41) is 1.08. The quantitative estimate of drug-likeness (QED) is 0.909. The van der Waals surface area contributed by atoms with Crippen molar-refractivity contribution in [1.29, 1.82) is 0 Å². The van der Waals surface area contributed by atoms with Gasteiger partial charge in [0.25, 0.3) is 0 Å². The van der Waals surface area contributed by atoms with Crippen LogP contribution in [0, 0.1) is 5.92 Å². The van der Waals surface area contributed by atoms with Crippen molar-refractivity contribution in [2.45, 2.75) is 40.2 Å². The Bertz CT molecular complexity index is 546. The summed E-state index contributed by atoms with van der Waals surface area (Å²) < 4.78 is 0. The lowest BCUT2D eigenvalue weighted by molar-refractivity contribution is 0.634. The molecule has 0 atom stereocenters. The molecule has 0 radical (unpaired) electrons. The van der Waals surface area contributed by atoms with E-state index in [1.54, 1.807) is 11.3 Å². The molecule has 19 heavy (non-hydrogen) atoms. The number of aryl methyl sites for hydroxylation is 1. The maximum atomic E-state index is 5.85. The summed E-state index contributed by atoms with van der Waals surface area (Å²) in [6.07, 6.45) is 5.73. The molecule has 0 saturated heterocycles. The number of nitrogens with zero attached hydrogens (tertiary/aromatic N) is 2. The molecular weight excluding hydrogens is 254 g/mol. The fraction of sp³-hybridized carbons (Fsp3) is 0.467. The van der Waals surface area contributed by atoms with Gasteiger partial charge in [0.05, 0.1) is 5.69 Å². The SMILES string of the molecule is CCc1cnccc1-c1nc(CC(C)C)c(CN)s1. The molecule has 0 aromatic carbocycles. The molecule has 0 aliphatic carbocycles. The highest BCUT2D eigenvalue weighted by Gasteiger charge is 2.14. The van der Waals surface area contributed by atoms with Crippen molar-refractivity contribution < 1.29 is 0 Å². The van der Waals surface area contributed by atoms with E-state index in [4.69, 9.17) is 10.7 Å². The first-order chi connectivity index (χ1) is 9.15. The summed E-state index contributed by atoms with van der Waals surface area (Å²) in [6.45, 7) is 7.14. The zero-order valence-electron chi connectivity index (χ0n) is 11.8. The fourth-order valence-corrected chi connectivity index (χ4v) is 3.15. The van der Waals surface area contributed by atoms with Gasteiger partial charge in [-0.25, -0.2) is 4.98 Å². The first kappa shape index (κ1) is 14.2. The van der Waals surface area contributed by atoms with Gasteiger partial charge in [0.1, 0.15) is 5.01 Å². The molecular formula is C15H21N3S. The maximum absolute atomic E-state index is 5.85. The third kappa shape index (κ3) is 3.19. The standard InChI is InChI=1S/C15H21N3S/c1-4-11-9-17-6-5-12(11)15-18-13(7-10(2)3)14(8-16)19-15/h5-6,9-10H,4,7-8,16H2,1-3H3. The average Bonchev–Trinajstić information content (AvgIpc) is 2.80. The van der Waals surface area contributed by atoms with Crippen molar-refractivity contribution in [3.05, 3.63) is 34.6 Å².